The van der Waals surface area contributed by atoms with E-state index in [9.17, 15) is 9.59 Å². The standard InChI is InChI=1S/C23H33N3O4/c1-17(27)25(14-18-6-4-3-5-7-18)19-8-10-24(11-9-19)20-12-21-15-30-16-22(13-20)26(21)23(28)29-2/h3-7,19-22H,8-16H2,1-2H3. The lowest BCUT2D eigenvalue weighted by molar-refractivity contribution is -0.133. The normalized spacial score (nSPS) is 27.5. The van der Waals surface area contributed by atoms with Crippen LogP contribution in [0.5, 0.6) is 0 Å². The predicted molar refractivity (Wildman–Crippen MR) is 113 cm³/mol. The van der Waals surface area contributed by atoms with Gasteiger partial charge >= 0.3 is 6.09 Å². The van der Waals surface area contributed by atoms with E-state index in [0.717, 1.165) is 38.8 Å². The molecule has 2 amide bonds. The molecule has 0 radical (unpaired) electrons. The van der Waals surface area contributed by atoms with Gasteiger partial charge in [-0.05, 0) is 31.2 Å². The topological polar surface area (TPSA) is 62.3 Å². The third-order valence-electron chi connectivity index (χ3n) is 6.94. The highest BCUT2D eigenvalue weighted by Gasteiger charge is 2.44. The molecule has 2 unspecified atom stereocenters. The molecule has 30 heavy (non-hydrogen) atoms. The Morgan fingerprint density at radius 3 is 2.27 bits per heavy atom. The van der Waals surface area contributed by atoms with Crippen LogP contribution in [0.3, 0.4) is 0 Å². The van der Waals surface area contributed by atoms with Crippen molar-refractivity contribution in [2.24, 2.45) is 0 Å². The van der Waals surface area contributed by atoms with Crippen LogP contribution in [-0.2, 0) is 20.8 Å². The highest BCUT2D eigenvalue weighted by Crippen LogP contribution is 2.33. The number of fused-ring (bicyclic) bond motifs is 2. The number of methoxy groups -OCH3 is 1. The fourth-order valence-corrected chi connectivity index (χ4v) is 5.43. The quantitative estimate of drug-likeness (QED) is 0.756. The number of nitrogens with zero attached hydrogens (tertiary/aromatic N) is 3. The summed E-state index contributed by atoms with van der Waals surface area (Å²) in [5.74, 6) is 0.148. The maximum Gasteiger partial charge on any atom is 0.410 e. The summed E-state index contributed by atoms with van der Waals surface area (Å²) in [6.45, 7) is 5.53. The van der Waals surface area contributed by atoms with Gasteiger partial charge in [0.2, 0.25) is 5.91 Å². The van der Waals surface area contributed by atoms with E-state index in [1.807, 2.05) is 28.0 Å². The van der Waals surface area contributed by atoms with E-state index in [0.29, 0.717) is 25.8 Å². The molecule has 1 aromatic carbocycles. The molecule has 3 aliphatic heterocycles. The third kappa shape index (κ3) is 4.47. The maximum absolute atomic E-state index is 12.3. The average Bonchev–Trinajstić information content (AvgIpc) is 2.76. The molecular weight excluding hydrogens is 382 g/mol. The van der Waals surface area contributed by atoms with Crippen molar-refractivity contribution in [3.05, 3.63) is 35.9 Å². The number of rotatable bonds is 4. The molecule has 0 spiro atoms. The first-order chi connectivity index (χ1) is 14.6. The first kappa shape index (κ1) is 21.1. The predicted octanol–water partition coefficient (Wildman–Crippen LogP) is 2.50. The van der Waals surface area contributed by atoms with Gasteiger partial charge in [-0.2, -0.15) is 0 Å². The van der Waals surface area contributed by atoms with Gasteiger partial charge in [0.1, 0.15) is 0 Å². The zero-order valence-electron chi connectivity index (χ0n) is 18.0. The summed E-state index contributed by atoms with van der Waals surface area (Å²) in [4.78, 5) is 31.0. The van der Waals surface area contributed by atoms with Crippen LogP contribution in [0.4, 0.5) is 4.79 Å². The average molecular weight is 416 g/mol. The molecule has 0 aromatic heterocycles. The van der Waals surface area contributed by atoms with E-state index < -0.39 is 0 Å². The highest BCUT2D eigenvalue weighted by atomic mass is 16.5. The molecule has 3 saturated heterocycles. The Morgan fingerprint density at radius 1 is 1.07 bits per heavy atom. The van der Waals surface area contributed by atoms with Crippen LogP contribution in [0.1, 0.15) is 38.2 Å². The number of hydrogen-bond donors (Lipinski definition) is 0. The van der Waals surface area contributed by atoms with E-state index in [1.165, 1.54) is 12.7 Å². The summed E-state index contributed by atoms with van der Waals surface area (Å²) in [5.41, 5.74) is 1.18. The van der Waals surface area contributed by atoms with Gasteiger partial charge < -0.3 is 19.3 Å². The summed E-state index contributed by atoms with van der Waals surface area (Å²) in [6, 6.07) is 11.2. The molecular formula is C23H33N3O4. The molecule has 7 heteroatoms. The van der Waals surface area contributed by atoms with Crippen LogP contribution in [0.25, 0.3) is 0 Å². The van der Waals surface area contributed by atoms with Crippen molar-refractivity contribution in [3.8, 4) is 0 Å². The summed E-state index contributed by atoms with van der Waals surface area (Å²) < 4.78 is 10.7. The van der Waals surface area contributed by atoms with E-state index in [2.05, 4.69) is 17.0 Å². The largest absolute Gasteiger partial charge is 0.453 e. The number of benzene rings is 1. The first-order valence-corrected chi connectivity index (χ1v) is 11.1. The zero-order valence-corrected chi connectivity index (χ0v) is 18.0. The summed E-state index contributed by atoms with van der Waals surface area (Å²) in [6.07, 6.45) is 3.61. The summed E-state index contributed by atoms with van der Waals surface area (Å²) in [7, 11) is 1.45. The molecule has 3 fully saturated rings. The smallest absolute Gasteiger partial charge is 0.410 e. The molecule has 3 aliphatic rings. The van der Waals surface area contributed by atoms with Gasteiger partial charge in [0, 0.05) is 38.6 Å². The van der Waals surface area contributed by atoms with Crippen molar-refractivity contribution in [1.29, 1.82) is 0 Å². The molecule has 0 N–H and O–H groups in total. The number of carbonyl (C=O) groups is 2. The molecule has 3 heterocycles. The Morgan fingerprint density at radius 2 is 1.70 bits per heavy atom. The van der Waals surface area contributed by atoms with E-state index in [1.54, 1.807) is 6.92 Å². The van der Waals surface area contributed by atoms with Gasteiger partial charge in [0.25, 0.3) is 0 Å². The van der Waals surface area contributed by atoms with Crippen molar-refractivity contribution in [2.75, 3.05) is 33.4 Å². The molecule has 164 valence electrons. The van der Waals surface area contributed by atoms with Crippen LogP contribution >= 0.6 is 0 Å². The van der Waals surface area contributed by atoms with Crippen molar-refractivity contribution < 1.29 is 19.1 Å². The Bertz CT molecular complexity index is 721. The van der Waals surface area contributed by atoms with Gasteiger partial charge in [-0.15, -0.1) is 0 Å². The molecule has 2 bridgehead atoms. The minimum atomic E-state index is -0.233. The maximum atomic E-state index is 12.3. The van der Waals surface area contributed by atoms with Crippen molar-refractivity contribution in [3.63, 3.8) is 0 Å². The molecule has 0 saturated carbocycles. The minimum absolute atomic E-state index is 0.0967. The Balaban J connectivity index is 1.35. The lowest BCUT2D eigenvalue weighted by atomic mass is 9.88. The first-order valence-electron chi connectivity index (χ1n) is 11.1. The summed E-state index contributed by atoms with van der Waals surface area (Å²) in [5, 5.41) is 0. The zero-order chi connectivity index (χ0) is 21.1. The van der Waals surface area contributed by atoms with Crippen LogP contribution in [0.2, 0.25) is 0 Å². The molecule has 7 nitrogen and oxygen atoms in total. The number of piperidine rings is 2. The van der Waals surface area contributed by atoms with Gasteiger partial charge in [0.15, 0.2) is 0 Å². The Hall–Kier alpha value is -2.12. The minimum Gasteiger partial charge on any atom is -0.453 e. The summed E-state index contributed by atoms with van der Waals surface area (Å²) >= 11 is 0. The monoisotopic (exact) mass is 415 g/mol. The van der Waals surface area contributed by atoms with Crippen LogP contribution in [-0.4, -0.2) is 84.3 Å². The highest BCUT2D eigenvalue weighted by molar-refractivity contribution is 5.73. The number of carbonyl (C=O) groups excluding carboxylic acids is 2. The van der Waals surface area contributed by atoms with Crippen molar-refractivity contribution in [1.82, 2.24) is 14.7 Å². The van der Waals surface area contributed by atoms with Crippen molar-refractivity contribution >= 4 is 12.0 Å². The number of ether oxygens (including phenoxy) is 2. The number of likely N-dealkylation sites (tertiary alicyclic amines) is 1. The molecule has 1 aromatic rings. The number of amides is 2. The lowest BCUT2D eigenvalue weighted by Gasteiger charge is -2.51. The van der Waals surface area contributed by atoms with E-state index in [4.69, 9.17) is 9.47 Å². The van der Waals surface area contributed by atoms with Gasteiger partial charge in [-0.25, -0.2) is 4.79 Å². The number of morpholine rings is 1. The SMILES string of the molecule is COC(=O)N1C2COCC1CC(N1CCC(N(Cc3ccccc3)C(C)=O)CC1)C2. The molecule has 2 atom stereocenters. The second kappa shape index (κ2) is 9.35. The Kier molecular flexibility index (Phi) is 6.58. The van der Waals surface area contributed by atoms with Crippen LogP contribution in [0.15, 0.2) is 30.3 Å². The third-order valence-corrected chi connectivity index (χ3v) is 6.94. The molecule has 0 aliphatic carbocycles. The van der Waals surface area contributed by atoms with Crippen LogP contribution < -0.4 is 0 Å². The number of hydrogen-bond acceptors (Lipinski definition) is 5. The van der Waals surface area contributed by atoms with Crippen LogP contribution in [0, 0.1) is 0 Å². The Labute approximate surface area is 178 Å². The fourth-order valence-electron chi connectivity index (χ4n) is 5.43. The van der Waals surface area contributed by atoms with Gasteiger partial charge in [-0.3, -0.25) is 9.69 Å². The second-order valence-electron chi connectivity index (χ2n) is 8.75. The fraction of sp³-hybridized carbons (Fsp3) is 0.652. The van der Waals surface area contributed by atoms with Crippen molar-refractivity contribution in [2.45, 2.75) is 63.3 Å². The van der Waals surface area contributed by atoms with E-state index in [-0.39, 0.29) is 30.1 Å². The lowest BCUT2D eigenvalue weighted by Crippen LogP contribution is -2.63. The van der Waals surface area contributed by atoms with Gasteiger partial charge in [-0.1, -0.05) is 30.3 Å². The van der Waals surface area contributed by atoms with Gasteiger partial charge in [0.05, 0.1) is 32.4 Å². The van der Waals surface area contributed by atoms with E-state index >= 15 is 0 Å². The molecule has 4 rings (SSSR count). The second-order valence-corrected chi connectivity index (χ2v) is 8.75.